The molecule has 0 atom stereocenters. The summed E-state index contributed by atoms with van der Waals surface area (Å²) in [4.78, 5) is 26.8. The van der Waals surface area contributed by atoms with Crippen LogP contribution in [-0.4, -0.2) is 32.4 Å². The number of hydrogen-bond acceptors (Lipinski definition) is 5. The molecule has 0 bridgehead atoms. The molecule has 7 heteroatoms. The number of nitrogens with one attached hydrogen (secondary N) is 2. The molecule has 1 aromatic carbocycles. The summed E-state index contributed by atoms with van der Waals surface area (Å²) in [5, 5.41) is 3.18. The van der Waals surface area contributed by atoms with Gasteiger partial charge >= 0.3 is 0 Å². The molecule has 0 aliphatic rings. The van der Waals surface area contributed by atoms with Crippen molar-refractivity contribution in [3.8, 4) is 11.3 Å². The van der Waals surface area contributed by atoms with E-state index in [1.807, 2.05) is 18.2 Å². The van der Waals surface area contributed by atoms with Crippen molar-refractivity contribution >= 4 is 11.9 Å². The molecule has 3 rings (SSSR count). The minimum absolute atomic E-state index is 0.444. The molecule has 0 saturated heterocycles. The topological polar surface area (TPSA) is 110 Å². The third kappa shape index (κ3) is 3.70. The van der Waals surface area contributed by atoms with E-state index in [4.69, 9.17) is 5.73 Å². The maximum Gasteiger partial charge on any atom is 0.248 e. The summed E-state index contributed by atoms with van der Waals surface area (Å²) in [6.07, 6.45) is 5.95. The van der Waals surface area contributed by atoms with Crippen molar-refractivity contribution < 1.29 is 4.79 Å². The fourth-order valence-corrected chi connectivity index (χ4v) is 2.14. The number of benzene rings is 1. The standard InChI is InChI=1S/C16H16N6O/c17-15(23)12-3-1-11(2-4-12)14-6-8-20-16(22-14)19-7-5-13-9-18-10-21-13/h1-4,6,8-10H,5,7H2,(H2,17,23)(H,18,21)(H,19,20,22). The Kier molecular flexibility index (Phi) is 4.28. The van der Waals surface area contributed by atoms with Gasteiger partial charge in [-0.25, -0.2) is 15.0 Å². The van der Waals surface area contributed by atoms with Crippen LogP contribution in [0.25, 0.3) is 11.3 Å². The van der Waals surface area contributed by atoms with E-state index in [1.54, 1.807) is 30.9 Å². The second-order valence-electron chi connectivity index (χ2n) is 4.96. The first-order valence-corrected chi connectivity index (χ1v) is 7.17. The third-order valence-electron chi connectivity index (χ3n) is 3.35. The largest absolute Gasteiger partial charge is 0.366 e. The average Bonchev–Trinajstić information content (AvgIpc) is 3.09. The number of hydrogen-bond donors (Lipinski definition) is 3. The highest BCUT2D eigenvalue weighted by atomic mass is 16.1. The molecule has 0 unspecified atom stereocenters. The zero-order valence-electron chi connectivity index (χ0n) is 12.4. The Morgan fingerprint density at radius 3 is 2.74 bits per heavy atom. The molecular formula is C16H16N6O. The van der Waals surface area contributed by atoms with Crippen molar-refractivity contribution in [3.63, 3.8) is 0 Å². The van der Waals surface area contributed by atoms with Crippen molar-refractivity contribution in [1.29, 1.82) is 0 Å². The average molecular weight is 308 g/mol. The number of anilines is 1. The molecule has 2 aromatic heterocycles. The number of rotatable bonds is 6. The van der Waals surface area contributed by atoms with Crippen LogP contribution in [0, 0.1) is 0 Å². The number of amides is 1. The third-order valence-corrected chi connectivity index (χ3v) is 3.35. The lowest BCUT2D eigenvalue weighted by atomic mass is 10.1. The summed E-state index contributed by atoms with van der Waals surface area (Å²) >= 11 is 0. The predicted molar refractivity (Wildman–Crippen MR) is 86.8 cm³/mol. The molecule has 7 nitrogen and oxygen atoms in total. The van der Waals surface area contributed by atoms with Gasteiger partial charge in [-0.2, -0.15) is 0 Å². The first-order chi connectivity index (χ1) is 11.2. The van der Waals surface area contributed by atoms with Gasteiger partial charge in [0.1, 0.15) is 0 Å². The van der Waals surface area contributed by atoms with Crippen LogP contribution < -0.4 is 11.1 Å². The van der Waals surface area contributed by atoms with Crippen LogP contribution in [0.3, 0.4) is 0 Å². The molecule has 23 heavy (non-hydrogen) atoms. The number of nitrogens with zero attached hydrogens (tertiary/aromatic N) is 3. The fraction of sp³-hybridized carbons (Fsp3) is 0.125. The van der Waals surface area contributed by atoms with E-state index in [2.05, 4.69) is 25.3 Å². The maximum atomic E-state index is 11.1. The lowest BCUT2D eigenvalue weighted by Gasteiger charge is -2.06. The zero-order chi connectivity index (χ0) is 16.1. The van der Waals surface area contributed by atoms with Gasteiger partial charge in [0.25, 0.3) is 0 Å². The van der Waals surface area contributed by atoms with Crippen molar-refractivity contribution in [3.05, 3.63) is 60.3 Å². The Balaban J connectivity index is 1.68. The van der Waals surface area contributed by atoms with Gasteiger partial charge in [-0.3, -0.25) is 4.79 Å². The molecule has 1 amide bonds. The molecule has 0 radical (unpaired) electrons. The van der Waals surface area contributed by atoms with Crippen LogP contribution in [-0.2, 0) is 6.42 Å². The normalized spacial score (nSPS) is 10.4. The van der Waals surface area contributed by atoms with Crippen molar-refractivity contribution in [2.75, 3.05) is 11.9 Å². The summed E-state index contributed by atoms with van der Waals surface area (Å²) in [5.74, 6) is 0.112. The molecule has 4 N–H and O–H groups in total. The minimum Gasteiger partial charge on any atom is -0.366 e. The summed E-state index contributed by atoms with van der Waals surface area (Å²) in [6.45, 7) is 0.701. The number of primary amides is 1. The number of carbonyl (C=O) groups excluding carboxylic acids is 1. The fourth-order valence-electron chi connectivity index (χ4n) is 2.14. The minimum atomic E-state index is -0.444. The number of aromatic amines is 1. The SMILES string of the molecule is NC(=O)c1ccc(-c2ccnc(NCCc3cnc[nH]3)n2)cc1. The lowest BCUT2D eigenvalue weighted by Crippen LogP contribution is -2.10. The van der Waals surface area contributed by atoms with Gasteiger partial charge in [-0.05, 0) is 18.2 Å². The van der Waals surface area contributed by atoms with Gasteiger partial charge in [0.15, 0.2) is 0 Å². The van der Waals surface area contributed by atoms with E-state index in [0.29, 0.717) is 18.1 Å². The second kappa shape index (κ2) is 6.69. The smallest absolute Gasteiger partial charge is 0.248 e. The van der Waals surface area contributed by atoms with Gasteiger partial charge in [0, 0.05) is 42.2 Å². The number of H-pyrrole nitrogens is 1. The van der Waals surface area contributed by atoms with Crippen molar-refractivity contribution in [1.82, 2.24) is 19.9 Å². The van der Waals surface area contributed by atoms with Crippen LogP contribution in [0.5, 0.6) is 0 Å². The number of aromatic nitrogens is 4. The van der Waals surface area contributed by atoms with E-state index in [-0.39, 0.29) is 0 Å². The summed E-state index contributed by atoms with van der Waals surface area (Å²) in [5.41, 5.74) is 8.44. The molecule has 0 spiro atoms. The Bertz CT molecular complexity index is 783. The van der Waals surface area contributed by atoms with Crippen molar-refractivity contribution in [2.45, 2.75) is 6.42 Å². The molecule has 0 aliphatic carbocycles. The van der Waals surface area contributed by atoms with Gasteiger partial charge < -0.3 is 16.0 Å². The van der Waals surface area contributed by atoms with Crippen LogP contribution in [0.2, 0.25) is 0 Å². The lowest BCUT2D eigenvalue weighted by molar-refractivity contribution is 0.100. The van der Waals surface area contributed by atoms with Gasteiger partial charge in [0.05, 0.1) is 12.0 Å². The Morgan fingerprint density at radius 2 is 2.04 bits per heavy atom. The van der Waals surface area contributed by atoms with E-state index < -0.39 is 5.91 Å². The van der Waals surface area contributed by atoms with Gasteiger partial charge in [-0.15, -0.1) is 0 Å². The van der Waals surface area contributed by atoms with Gasteiger partial charge in [-0.1, -0.05) is 12.1 Å². The summed E-state index contributed by atoms with van der Waals surface area (Å²) in [6, 6.07) is 8.82. The van der Waals surface area contributed by atoms with Crippen LogP contribution in [0.15, 0.2) is 49.1 Å². The van der Waals surface area contributed by atoms with Crippen molar-refractivity contribution in [2.24, 2.45) is 5.73 Å². The number of nitrogens with two attached hydrogens (primary N) is 1. The molecular weight excluding hydrogens is 292 g/mol. The Morgan fingerprint density at radius 1 is 1.22 bits per heavy atom. The Labute approximate surface area is 133 Å². The first-order valence-electron chi connectivity index (χ1n) is 7.17. The number of carbonyl (C=O) groups is 1. The summed E-state index contributed by atoms with van der Waals surface area (Å²) < 4.78 is 0. The highest BCUT2D eigenvalue weighted by Gasteiger charge is 2.04. The zero-order valence-corrected chi connectivity index (χ0v) is 12.4. The molecule has 0 saturated carbocycles. The van der Waals surface area contributed by atoms with E-state index in [0.717, 1.165) is 23.4 Å². The molecule has 0 fully saturated rings. The quantitative estimate of drug-likeness (QED) is 0.641. The molecule has 116 valence electrons. The van der Waals surface area contributed by atoms with Crippen LogP contribution in [0.4, 0.5) is 5.95 Å². The summed E-state index contributed by atoms with van der Waals surface area (Å²) in [7, 11) is 0. The van der Waals surface area contributed by atoms with Crippen LogP contribution >= 0.6 is 0 Å². The van der Waals surface area contributed by atoms with Crippen LogP contribution in [0.1, 0.15) is 16.1 Å². The molecule has 2 heterocycles. The Hall–Kier alpha value is -3.22. The van der Waals surface area contributed by atoms with E-state index >= 15 is 0 Å². The maximum absolute atomic E-state index is 11.1. The molecule has 3 aromatic rings. The highest BCUT2D eigenvalue weighted by Crippen LogP contribution is 2.18. The number of imidazole rings is 1. The predicted octanol–water partition coefficient (Wildman–Crippen LogP) is 1.62. The monoisotopic (exact) mass is 308 g/mol. The second-order valence-corrected chi connectivity index (χ2v) is 4.96. The highest BCUT2D eigenvalue weighted by molar-refractivity contribution is 5.93. The molecule has 0 aliphatic heterocycles. The van der Waals surface area contributed by atoms with Gasteiger partial charge in [0.2, 0.25) is 11.9 Å². The first kappa shape index (κ1) is 14.7. The van der Waals surface area contributed by atoms with E-state index in [9.17, 15) is 4.79 Å². The van der Waals surface area contributed by atoms with E-state index in [1.165, 1.54) is 0 Å².